The first-order valence-electron chi connectivity index (χ1n) is 10.2. The van der Waals surface area contributed by atoms with Gasteiger partial charge in [-0.25, -0.2) is 0 Å². The summed E-state index contributed by atoms with van der Waals surface area (Å²) in [7, 11) is 0. The fourth-order valence-electron chi connectivity index (χ4n) is 4.72. The van der Waals surface area contributed by atoms with E-state index >= 15 is 0 Å². The largest absolute Gasteiger partial charge is 0.376 e. The zero-order valence-electron chi connectivity index (χ0n) is 17.2. The molecule has 24 heavy (non-hydrogen) atoms. The van der Waals surface area contributed by atoms with Gasteiger partial charge in [-0.15, -0.1) is 0 Å². The minimum atomic E-state index is -0.166. The van der Waals surface area contributed by atoms with Gasteiger partial charge in [0.05, 0.1) is 37.1 Å². The molecule has 3 heteroatoms. The van der Waals surface area contributed by atoms with Gasteiger partial charge in [-0.3, -0.25) is 0 Å². The third-order valence-corrected chi connectivity index (χ3v) is 7.42. The molecule has 2 rings (SSSR count). The normalized spacial score (nSPS) is 49.5. The van der Waals surface area contributed by atoms with Gasteiger partial charge in [-0.1, -0.05) is 48.5 Å². The van der Waals surface area contributed by atoms with Crippen molar-refractivity contribution in [2.24, 2.45) is 29.6 Å². The average Bonchev–Trinajstić information content (AvgIpc) is 2.79. The molecule has 0 N–H and O–H groups in total. The molecule has 2 aliphatic heterocycles. The molecule has 0 aromatic rings. The molecule has 2 fully saturated rings. The Morgan fingerprint density at radius 1 is 0.792 bits per heavy atom. The van der Waals surface area contributed by atoms with E-state index in [1.807, 2.05) is 0 Å². The van der Waals surface area contributed by atoms with Gasteiger partial charge in [0.25, 0.3) is 0 Å². The van der Waals surface area contributed by atoms with Crippen LogP contribution in [0.5, 0.6) is 0 Å². The van der Waals surface area contributed by atoms with E-state index in [2.05, 4.69) is 55.4 Å². The summed E-state index contributed by atoms with van der Waals surface area (Å²) in [6, 6.07) is 0. The van der Waals surface area contributed by atoms with Crippen LogP contribution in [-0.2, 0) is 14.2 Å². The van der Waals surface area contributed by atoms with Crippen LogP contribution in [0.2, 0.25) is 0 Å². The molecule has 142 valence electrons. The summed E-state index contributed by atoms with van der Waals surface area (Å²) in [4.78, 5) is 0. The predicted octanol–water partition coefficient (Wildman–Crippen LogP) is 4.93. The lowest BCUT2D eigenvalue weighted by atomic mass is 9.76. The molecular formula is C21H40O3. The van der Waals surface area contributed by atoms with Crippen LogP contribution in [0.25, 0.3) is 0 Å². The first-order chi connectivity index (χ1) is 11.2. The molecule has 0 aromatic heterocycles. The van der Waals surface area contributed by atoms with E-state index in [9.17, 15) is 0 Å². The molecule has 0 saturated carbocycles. The van der Waals surface area contributed by atoms with E-state index in [-0.39, 0.29) is 11.7 Å². The Hall–Kier alpha value is -0.120. The van der Waals surface area contributed by atoms with Crippen molar-refractivity contribution in [2.45, 2.75) is 92.1 Å². The number of ether oxygens (including phenoxy) is 3. The van der Waals surface area contributed by atoms with E-state index < -0.39 is 0 Å². The molecule has 2 heterocycles. The molecule has 0 unspecified atom stereocenters. The van der Waals surface area contributed by atoms with Gasteiger partial charge in [-0.05, 0) is 49.4 Å². The van der Waals surface area contributed by atoms with E-state index in [0.29, 0.717) is 55.0 Å². The van der Waals surface area contributed by atoms with Crippen molar-refractivity contribution < 1.29 is 14.2 Å². The third kappa shape index (κ3) is 3.83. The van der Waals surface area contributed by atoms with Crippen molar-refractivity contribution in [1.82, 2.24) is 0 Å². The lowest BCUT2D eigenvalue weighted by Crippen LogP contribution is -2.47. The van der Waals surface area contributed by atoms with Gasteiger partial charge in [0.15, 0.2) is 0 Å². The number of hydrogen-bond donors (Lipinski definition) is 0. The second-order valence-electron chi connectivity index (χ2n) is 8.74. The van der Waals surface area contributed by atoms with Crippen LogP contribution in [0.3, 0.4) is 0 Å². The van der Waals surface area contributed by atoms with E-state index in [1.54, 1.807) is 0 Å². The Morgan fingerprint density at radius 2 is 1.38 bits per heavy atom. The summed E-state index contributed by atoms with van der Waals surface area (Å²) in [5, 5.41) is 0. The SMILES string of the molecule is CC[C@H]1O[C@@](C)(COC[C@H]2O[C@H](CC)[C@@H](C)[C@H](C)[C@H]2C)[C@@H](C)[C@@H]1C. The fraction of sp³-hybridized carbons (Fsp3) is 1.00. The average molecular weight is 341 g/mol. The highest BCUT2D eigenvalue weighted by molar-refractivity contribution is 4.95. The Kier molecular flexibility index (Phi) is 6.78. The van der Waals surface area contributed by atoms with Crippen molar-refractivity contribution >= 4 is 0 Å². The lowest BCUT2D eigenvalue weighted by Gasteiger charge is -2.44. The third-order valence-electron chi connectivity index (χ3n) is 7.42. The van der Waals surface area contributed by atoms with Gasteiger partial charge in [0.1, 0.15) is 0 Å². The van der Waals surface area contributed by atoms with E-state index in [1.165, 1.54) is 0 Å². The van der Waals surface area contributed by atoms with Crippen LogP contribution in [0.1, 0.15) is 68.2 Å². The van der Waals surface area contributed by atoms with Gasteiger partial charge in [0.2, 0.25) is 0 Å². The Morgan fingerprint density at radius 3 is 1.92 bits per heavy atom. The Balaban J connectivity index is 1.89. The molecule has 2 saturated heterocycles. The molecule has 0 radical (unpaired) electrons. The highest BCUT2D eigenvalue weighted by atomic mass is 16.6. The quantitative estimate of drug-likeness (QED) is 0.686. The van der Waals surface area contributed by atoms with Crippen LogP contribution >= 0.6 is 0 Å². The molecule has 0 aromatic carbocycles. The summed E-state index contributed by atoms with van der Waals surface area (Å²) in [5.74, 6) is 2.97. The molecule has 9 atom stereocenters. The van der Waals surface area contributed by atoms with Crippen molar-refractivity contribution in [3.8, 4) is 0 Å². The first-order valence-corrected chi connectivity index (χ1v) is 10.2. The second-order valence-corrected chi connectivity index (χ2v) is 8.74. The van der Waals surface area contributed by atoms with Crippen LogP contribution < -0.4 is 0 Å². The minimum absolute atomic E-state index is 0.166. The van der Waals surface area contributed by atoms with Crippen LogP contribution in [0.15, 0.2) is 0 Å². The smallest absolute Gasteiger partial charge is 0.0919 e. The predicted molar refractivity (Wildman–Crippen MR) is 99.2 cm³/mol. The van der Waals surface area contributed by atoms with Gasteiger partial charge in [-0.2, -0.15) is 0 Å². The standard InChI is InChI=1S/C21H40O3/c1-9-18-14(4)13(3)15(5)20(23-18)11-22-12-21(8)17(7)16(6)19(10-2)24-21/h13-20H,9-12H2,1-8H3/t13-,14-,15+,16-,17-,18+,19+,20+,21-/m0/s1. The van der Waals surface area contributed by atoms with Crippen LogP contribution in [-0.4, -0.2) is 37.1 Å². The second kappa shape index (κ2) is 8.05. The molecule has 2 aliphatic rings. The first kappa shape index (κ1) is 20.2. The van der Waals surface area contributed by atoms with Crippen molar-refractivity contribution in [2.75, 3.05) is 13.2 Å². The molecule has 0 aliphatic carbocycles. The van der Waals surface area contributed by atoms with Gasteiger partial charge in [0, 0.05) is 0 Å². The Labute approximate surface area is 149 Å². The molecule has 3 nitrogen and oxygen atoms in total. The maximum Gasteiger partial charge on any atom is 0.0919 e. The molecule has 0 amide bonds. The maximum absolute atomic E-state index is 6.35. The topological polar surface area (TPSA) is 27.7 Å². The van der Waals surface area contributed by atoms with Crippen LogP contribution in [0.4, 0.5) is 0 Å². The fourth-order valence-corrected chi connectivity index (χ4v) is 4.72. The van der Waals surface area contributed by atoms with E-state index in [4.69, 9.17) is 14.2 Å². The summed E-state index contributed by atoms with van der Waals surface area (Å²) in [6.45, 7) is 19.6. The maximum atomic E-state index is 6.35. The van der Waals surface area contributed by atoms with Crippen molar-refractivity contribution in [1.29, 1.82) is 0 Å². The summed E-state index contributed by atoms with van der Waals surface area (Å²) in [5.41, 5.74) is -0.166. The monoisotopic (exact) mass is 340 g/mol. The van der Waals surface area contributed by atoms with Crippen molar-refractivity contribution in [3.05, 3.63) is 0 Å². The highest BCUT2D eigenvalue weighted by Gasteiger charge is 2.47. The number of rotatable bonds is 6. The minimum Gasteiger partial charge on any atom is -0.376 e. The lowest BCUT2D eigenvalue weighted by molar-refractivity contribution is -0.169. The van der Waals surface area contributed by atoms with Gasteiger partial charge < -0.3 is 14.2 Å². The summed E-state index contributed by atoms with van der Waals surface area (Å²) < 4.78 is 18.9. The zero-order chi connectivity index (χ0) is 18.1. The highest BCUT2D eigenvalue weighted by Crippen LogP contribution is 2.42. The van der Waals surface area contributed by atoms with Crippen molar-refractivity contribution in [3.63, 3.8) is 0 Å². The zero-order valence-corrected chi connectivity index (χ0v) is 17.2. The Bertz CT molecular complexity index is 397. The molecule has 0 spiro atoms. The number of hydrogen-bond acceptors (Lipinski definition) is 3. The van der Waals surface area contributed by atoms with Crippen LogP contribution in [0, 0.1) is 29.6 Å². The molecule has 0 bridgehead atoms. The summed E-state index contributed by atoms with van der Waals surface area (Å²) in [6.07, 6.45) is 3.11. The van der Waals surface area contributed by atoms with E-state index in [0.717, 1.165) is 12.8 Å². The molecular weight excluding hydrogens is 300 g/mol. The van der Waals surface area contributed by atoms with Gasteiger partial charge >= 0.3 is 0 Å². The summed E-state index contributed by atoms with van der Waals surface area (Å²) >= 11 is 0.